The minimum absolute atomic E-state index is 0.162. The predicted octanol–water partition coefficient (Wildman–Crippen LogP) is 4.30. The summed E-state index contributed by atoms with van der Waals surface area (Å²) in [5.74, 6) is -1.38. The first-order valence-electron chi connectivity index (χ1n) is 7.84. The SMILES string of the molecule is C[C@H](OC(=O)c1sc2cc(F)ccc2c1Cl)C(=O)NC1CCCC1. The molecule has 4 nitrogen and oxygen atoms in total. The zero-order chi connectivity index (χ0) is 17.3. The van der Waals surface area contributed by atoms with E-state index in [1.807, 2.05) is 0 Å². The molecule has 0 bridgehead atoms. The largest absolute Gasteiger partial charge is 0.448 e. The molecular formula is C17H17ClFNO3S. The number of thiophene rings is 1. The van der Waals surface area contributed by atoms with Crippen LogP contribution in [0.5, 0.6) is 0 Å². The molecule has 0 radical (unpaired) electrons. The molecule has 3 rings (SSSR count). The molecule has 0 spiro atoms. The lowest BCUT2D eigenvalue weighted by atomic mass is 10.2. The van der Waals surface area contributed by atoms with Gasteiger partial charge in [0.15, 0.2) is 6.10 Å². The average molecular weight is 370 g/mol. The maximum atomic E-state index is 13.3. The van der Waals surface area contributed by atoms with Crippen LogP contribution >= 0.6 is 22.9 Å². The molecule has 24 heavy (non-hydrogen) atoms. The molecule has 1 aromatic carbocycles. The first-order valence-corrected chi connectivity index (χ1v) is 9.04. The highest BCUT2D eigenvalue weighted by Crippen LogP contribution is 2.36. The van der Waals surface area contributed by atoms with Gasteiger partial charge in [-0.05, 0) is 38.0 Å². The van der Waals surface area contributed by atoms with E-state index in [1.54, 1.807) is 0 Å². The van der Waals surface area contributed by atoms with Crippen LogP contribution < -0.4 is 5.32 Å². The molecule has 1 amide bonds. The highest BCUT2D eigenvalue weighted by Gasteiger charge is 2.26. The molecular weight excluding hydrogens is 353 g/mol. The lowest BCUT2D eigenvalue weighted by Gasteiger charge is -2.16. The van der Waals surface area contributed by atoms with Crippen LogP contribution in [0.2, 0.25) is 5.02 Å². The highest BCUT2D eigenvalue weighted by atomic mass is 35.5. The zero-order valence-electron chi connectivity index (χ0n) is 13.1. The van der Waals surface area contributed by atoms with Gasteiger partial charge >= 0.3 is 5.97 Å². The number of hydrogen-bond donors (Lipinski definition) is 1. The molecule has 1 aromatic heterocycles. The molecule has 1 N–H and O–H groups in total. The Hall–Kier alpha value is -1.66. The summed E-state index contributed by atoms with van der Waals surface area (Å²) in [7, 11) is 0. The summed E-state index contributed by atoms with van der Waals surface area (Å²) >= 11 is 7.25. The molecule has 1 aliphatic carbocycles. The highest BCUT2D eigenvalue weighted by molar-refractivity contribution is 7.21. The Morgan fingerprint density at radius 2 is 2.08 bits per heavy atom. The van der Waals surface area contributed by atoms with Crippen LogP contribution in [0.4, 0.5) is 4.39 Å². The van der Waals surface area contributed by atoms with E-state index < -0.39 is 17.9 Å². The molecule has 128 valence electrons. The van der Waals surface area contributed by atoms with Crippen molar-refractivity contribution in [3.8, 4) is 0 Å². The van der Waals surface area contributed by atoms with Gasteiger partial charge in [-0.15, -0.1) is 11.3 Å². The Morgan fingerprint density at radius 3 is 2.79 bits per heavy atom. The van der Waals surface area contributed by atoms with E-state index in [-0.39, 0.29) is 21.8 Å². The molecule has 7 heteroatoms. The first kappa shape index (κ1) is 17.2. The number of carbonyl (C=O) groups is 2. The van der Waals surface area contributed by atoms with Crippen molar-refractivity contribution >= 4 is 44.9 Å². The van der Waals surface area contributed by atoms with Crippen LogP contribution in [-0.2, 0) is 9.53 Å². The topological polar surface area (TPSA) is 55.4 Å². The molecule has 2 aromatic rings. The summed E-state index contributed by atoms with van der Waals surface area (Å²) in [5.41, 5.74) is 0. The third kappa shape index (κ3) is 3.54. The Labute approximate surface area is 147 Å². The Balaban J connectivity index is 1.69. The van der Waals surface area contributed by atoms with E-state index in [4.69, 9.17) is 16.3 Å². The number of ether oxygens (including phenoxy) is 1. The number of rotatable bonds is 4. The number of halogens is 2. The van der Waals surface area contributed by atoms with Crippen LogP contribution in [0.1, 0.15) is 42.3 Å². The average Bonchev–Trinajstić information content (AvgIpc) is 3.15. The van der Waals surface area contributed by atoms with Gasteiger partial charge in [-0.3, -0.25) is 4.79 Å². The quantitative estimate of drug-likeness (QED) is 0.817. The summed E-state index contributed by atoms with van der Waals surface area (Å²) in [4.78, 5) is 24.6. The van der Waals surface area contributed by atoms with E-state index in [0.29, 0.717) is 10.1 Å². The van der Waals surface area contributed by atoms with Gasteiger partial charge in [-0.2, -0.15) is 0 Å². The number of benzene rings is 1. The molecule has 0 aliphatic heterocycles. The van der Waals surface area contributed by atoms with Crippen molar-refractivity contribution in [3.05, 3.63) is 33.9 Å². The van der Waals surface area contributed by atoms with E-state index in [1.165, 1.54) is 25.1 Å². The van der Waals surface area contributed by atoms with E-state index >= 15 is 0 Å². The van der Waals surface area contributed by atoms with Crippen molar-refractivity contribution in [1.82, 2.24) is 5.32 Å². The molecule has 1 saturated carbocycles. The minimum atomic E-state index is -0.906. The van der Waals surface area contributed by atoms with E-state index in [0.717, 1.165) is 37.0 Å². The Morgan fingerprint density at radius 1 is 1.38 bits per heavy atom. The number of amides is 1. The molecule has 1 atom stereocenters. The number of nitrogens with one attached hydrogen (secondary N) is 1. The van der Waals surface area contributed by atoms with Crippen LogP contribution in [-0.4, -0.2) is 24.0 Å². The van der Waals surface area contributed by atoms with Crippen molar-refractivity contribution < 1.29 is 18.7 Å². The van der Waals surface area contributed by atoms with Gasteiger partial charge < -0.3 is 10.1 Å². The van der Waals surface area contributed by atoms with Crippen LogP contribution in [0.25, 0.3) is 10.1 Å². The fourth-order valence-electron chi connectivity index (χ4n) is 2.83. The van der Waals surface area contributed by atoms with Gasteiger partial charge in [0.25, 0.3) is 5.91 Å². The number of carbonyl (C=O) groups excluding carboxylic acids is 2. The van der Waals surface area contributed by atoms with Gasteiger partial charge in [-0.25, -0.2) is 9.18 Å². The van der Waals surface area contributed by atoms with Crippen molar-refractivity contribution in [2.75, 3.05) is 0 Å². The molecule has 1 fully saturated rings. The maximum absolute atomic E-state index is 13.3. The molecule has 0 unspecified atom stereocenters. The number of hydrogen-bond acceptors (Lipinski definition) is 4. The summed E-state index contributed by atoms with van der Waals surface area (Å²) in [6.07, 6.45) is 3.22. The molecule has 0 saturated heterocycles. The normalized spacial score (nSPS) is 16.3. The molecule has 1 heterocycles. The number of fused-ring (bicyclic) bond motifs is 1. The fraction of sp³-hybridized carbons (Fsp3) is 0.412. The third-order valence-corrected chi connectivity index (χ3v) is 5.77. The van der Waals surface area contributed by atoms with Crippen molar-refractivity contribution in [2.45, 2.75) is 44.8 Å². The standard InChI is InChI=1S/C17H17ClFNO3S/c1-9(16(21)20-11-4-2-3-5-11)23-17(22)15-14(18)12-7-6-10(19)8-13(12)24-15/h6-9,11H,2-5H2,1H3,(H,20,21)/t9-/m0/s1. The molecule has 1 aliphatic rings. The monoisotopic (exact) mass is 369 g/mol. The van der Waals surface area contributed by atoms with Crippen molar-refractivity contribution in [2.24, 2.45) is 0 Å². The zero-order valence-corrected chi connectivity index (χ0v) is 14.7. The smallest absolute Gasteiger partial charge is 0.350 e. The second kappa shape index (κ2) is 7.07. The predicted molar refractivity (Wildman–Crippen MR) is 92.1 cm³/mol. The second-order valence-electron chi connectivity index (χ2n) is 5.92. The van der Waals surface area contributed by atoms with Gasteiger partial charge in [0.05, 0.1) is 5.02 Å². The Bertz CT molecular complexity index is 785. The van der Waals surface area contributed by atoms with Crippen LogP contribution in [0.15, 0.2) is 18.2 Å². The maximum Gasteiger partial charge on any atom is 0.350 e. The van der Waals surface area contributed by atoms with Gasteiger partial charge in [-0.1, -0.05) is 24.4 Å². The fourth-order valence-corrected chi connectivity index (χ4v) is 4.24. The first-order chi connectivity index (χ1) is 11.5. The lowest BCUT2D eigenvalue weighted by Crippen LogP contribution is -2.40. The summed E-state index contributed by atoms with van der Waals surface area (Å²) in [5, 5.41) is 3.71. The van der Waals surface area contributed by atoms with E-state index in [9.17, 15) is 14.0 Å². The van der Waals surface area contributed by atoms with Gasteiger partial charge in [0, 0.05) is 16.1 Å². The van der Waals surface area contributed by atoms with E-state index in [2.05, 4.69) is 5.32 Å². The summed E-state index contributed by atoms with van der Waals surface area (Å²) in [6.45, 7) is 1.53. The third-order valence-electron chi connectivity index (χ3n) is 4.13. The summed E-state index contributed by atoms with van der Waals surface area (Å²) in [6, 6.07) is 4.29. The second-order valence-corrected chi connectivity index (χ2v) is 7.35. The lowest BCUT2D eigenvalue weighted by molar-refractivity contribution is -0.129. The van der Waals surface area contributed by atoms with Crippen LogP contribution in [0.3, 0.4) is 0 Å². The van der Waals surface area contributed by atoms with Crippen molar-refractivity contribution in [3.63, 3.8) is 0 Å². The van der Waals surface area contributed by atoms with Crippen molar-refractivity contribution in [1.29, 1.82) is 0 Å². The minimum Gasteiger partial charge on any atom is -0.448 e. The Kier molecular flexibility index (Phi) is 5.06. The number of esters is 1. The van der Waals surface area contributed by atoms with Crippen LogP contribution in [0, 0.1) is 5.82 Å². The van der Waals surface area contributed by atoms with Gasteiger partial charge in [0.1, 0.15) is 10.7 Å². The summed E-state index contributed by atoms with van der Waals surface area (Å²) < 4.78 is 19.1. The van der Waals surface area contributed by atoms with Gasteiger partial charge in [0.2, 0.25) is 0 Å².